The van der Waals surface area contributed by atoms with E-state index in [-0.39, 0.29) is 39.9 Å². The molecule has 1 unspecified atom stereocenters. The highest BCUT2D eigenvalue weighted by Gasteiger charge is 2.26. The van der Waals surface area contributed by atoms with Gasteiger partial charge in [-0.1, -0.05) is 25.1 Å². The number of nitrogens with two attached hydrogens (primary N) is 3. The number of fused-ring (bicyclic) bond motifs is 2. The van der Waals surface area contributed by atoms with Crippen LogP contribution >= 0.6 is 11.3 Å². The number of nitrogens with zero attached hydrogens (tertiary/aromatic N) is 2. The summed E-state index contributed by atoms with van der Waals surface area (Å²) in [7, 11) is -3.22. The Bertz CT molecular complexity index is 1530. The standard InChI is InChI=1S/C22H22N6O4S2/c1-2-34(30,31)8-7-15(24)27-21-12(10-23)16(14-9-11-5-3-4-6-13(11)32-14)17-18(25)19(20(26)29)33-22(17)28-21/h3-6,9,15H,2,7-8,24-25H2,1H3,(H2,26,29)(H,27,28). The number of benzene rings is 1. The molecular weight excluding hydrogens is 476 g/mol. The van der Waals surface area contributed by atoms with Crippen molar-refractivity contribution in [3.8, 4) is 17.4 Å². The molecule has 4 rings (SSSR count). The molecule has 7 N–H and O–H groups in total. The van der Waals surface area contributed by atoms with E-state index in [2.05, 4.69) is 16.4 Å². The van der Waals surface area contributed by atoms with Crippen LogP contribution in [0, 0.1) is 11.3 Å². The van der Waals surface area contributed by atoms with Crippen LogP contribution < -0.4 is 22.5 Å². The number of primary amides is 1. The van der Waals surface area contributed by atoms with Gasteiger partial charge in [0.1, 0.15) is 48.3 Å². The molecule has 3 aromatic heterocycles. The third kappa shape index (κ3) is 4.28. The summed E-state index contributed by atoms with van der Waals surface area (Å²) in [5.74, 6) is -0.338. The molecule has 12 heteroatoms. The Labute approximate surface area is 199 Å². The smallest absolute Gasteiger partial charge is 0.260 e. The highest BCUT2D eigenvalue weighted by Crippen LogP contribution is 2.44. The van der Waals surface area contributed by atoms with Crippen molar-refractivity contribution in [2.45, 2.75) is 19.5 Å². The Hall–Kier alpha value is -3.66. The number of pyridine rings is 1. The molecule has 0 bridgehead atoms. The van der Waals surface area contributed by atoms with Gasteiger partial charge in [0.2, 0.25) is 0 Å². The predicted molar refractivity (Wildman–Crippen MR) is 133 cm³/mol. The lowest BCUT2D eigenvalue weighted by molar-refractivity contribution is 0.100. The van der Waals surface area contributed by atoms with E-state index < -0.39 is 21.9 Å². The molecule has 0 saturated heterocycles. The van der Waals surface area contributed by atoms with Crippen LogP contribution in [0.1, 0.15) is 28.6 Å². The first kappa shape index (κ1) is 23.5. The largest absolute Gasteiger partial charge is 0.456 e. The maximum absolute atomic E-state index is 11.9. The Morgan fingerprint density at radius 1 is 1.35 bits per heavy atom. The third-order valence-electron chi connectivity index (χ3n) is 5.39. The molecule has 0 spiro atoms. The van der Waals surface area contributed by atoms with Crippen LogP contribution in [-0.4, -0.2) is 37.0 Å². The van der Waals surface area contributed by atoms with Gasteiger partial charge in [0.25, 0.3) is 5.91 Å². The topological polar surface area (TPSA) is 191 Å². The molecule has 0 saturated carbocycles. The average molecular weight is 499 g/mol. The monoisotopic (exact) mass is 498 g/mol. The van der Waals surface area contributed by atoms with Crippen molar-refractivity contribution in [2.75, 3.05) is 22.6 Å². The first-order valence-electron chi connectivity index (χ1n) is 10.3. The zero-order chi connectivity index (χ0) is 24.6. The van der Waals surface area contributed by atoms with Crippen molar-refractivity contribution in [1.82, 2.24) is 4.98 Å². The first-order valence-corrected chi connectivity index (χ1v) is 13.0. The minimum Gasteiger partial charge on any atom is -0.456 e. The summed E-state index contributed by atoms with van der Waals surface area (Å²) in [6.07, 6.45) is -0.686. The zero-order valence-corrected chi connectivity index (χ0v) is 19.8. The molecule has 0 aliphatic rings. The number of hydrogen-bond acceptors (Lipinski definition) is 10. The molecule has 0 radical (unpaired) electrons. The van der Waals surface area contributed by atoms with E-state index in [4.69, 9.17) is 21.6 Å². The lowest BCUT2D eigenvalue weighted by Crippen LogP contribution is -2.33. The minimum absolute atomic E-state index is 0.00788. The van der Waals surface area contributed by atoms with Crippen molar-refractivity contribution in [3.05, 3.63) is 40.8 Å². The summed E-state index contributed by atoms with van der Waals surface area (Å²) in [6.45, 7) is 1.56. The number of rotatable bonds is 8. The molecule has 34 heavy (non-hydrogen) atoms. The molecular formula is C22H22N6O4S2. The van der Waals surface area contributed by atoms with Gasteiger partial charge >= 0.3 is 0 Å². The second-order valence-corrected chi connectivity index (χ2v) is 11.1. The number of sulfone groups is 1. The normalized spacial score (nSPS) is 12.6. The number of carbonyl (C=O) groups excluding carboxylic acids is 1. The number of nitrogens with one attached hydrogen (secondary N) is 1. The summed E-state index contributed by atoms with van der Waals surface area (Å²) >= 11 is 0.991. The molecule has 3 heterocycles. The van der Waals surface area contributed by atoms with Crippen LogP contribution in [0.3, 0.4) is 0 Å². The van der Waals surface area contributed by atoms with Gasteiger partial charge in [0, 0.05) is 16.5 Å². The van der Waals surface area contributed by atoms with Gasteiger partial charge in [-0.25, -0.2) is 13.4 Å². The lowest BCUT2D eigenvalue weighted by Gasteiger charge is -2.17. The van der Waals surface area contributed by atoms with Crippen LogP contribution in [0.2, 0.25) is 0 Å². The highest BCUT2D eigenvalue weighted by atomic mass is 32.2. The third-order valence-corrected chi connectivity index (χ3v) is 8.24. The first-order chi connectivity index (χ1) is 16.1. The lowest BCUT2D eigenvalue weighted by atomic mass is 10.0. The molecule has 1 atom stereocenters. The van der Waals surface area contributed by atoms with Gasteiger partial charge in [-0.2, -0.15) is 5.26 Å². The molecule has 4 aromatic rings. The number of anilines is 2. The van der Waals surface area contributed by atoms with E-state index >= 15 is 0 Å². The number of nitrogen functional groups attached to an aromatic ring is 1. The van der Waals surface area contributed by atoms with Gasteiger partial charge in [0.15, 0.2) is 0 Å². The SMILES string of the molecule is CCS(=O)(=O)CCC(N)Nc1nc2sc(C(N)=O)c(N)c2c(-c2cc3ccccc3o2)c1C#N. The number of nitriles is 1. The fraction of sp³-hybridized carbons (Fsp3) is 0.227. The van der Waals surface area contributed by atoms with Crippen LogP contribution in [0.5, 0.6) is 0 Å². The number of para-hydroxylation sites is 1. The van der Waals surface area contributed by atoms with Crippen LogP contribution in [0.15, 0.2) is 34.7 Å². The second kappa shape index (κ2) is 8.94. The van der Waals surface area contributed by atoms with E-state index in [1.807, 2.05) is 18.2 Å². The number of thiophene rings is 1. The van der Waals surface area contributed by atoms with Crippen LogP contribution in [0.25, 0.3) is 32.5 Å². The quantitative estimate of drug-likeness (QED) is 0.264. The highest BCUT2D eigenvalue weighted by molar-refractivity contribution is 7.91. The molecule has 10 nitrogen and oxygen atoms in total. The van der Waals surface area contributed by atoms with Gasteiger partial charge in [-0.05, 0) is 18.6 Å². The number of aromatic nitrogens is 1. The number of hydrogen-bond donors (Lipinski definition) is 4. The maximum atomic E-state index is 11.9. The molecule has 0 fully saturated rings. The molecule has 0 aliphatic carbocycles. The van der Waals surface area contributed by atoms with Crippen LogP contribution in [-0.2, 0) is 9.84 Å². The van der Waals surface area contributed by atoms with E-state index in [0.29, 0.717) is 27.1 Å². The summed E-state index contributed by atoms with van der Waals surface area (Å²) in [5, 5.41) is 14.2. The Balaban J connectivity index is 1.90. The fourth-order valence-electron chi connectivity index (χ4n) is 3.60. The molecule has 0 aliphatic heterocycles. The summed E-state index contributed by atoms with van der Waals surface area (Å²) in [5.41, 5.74) is 19.0. The summed E-state index contributed by atoms with van der Waals surface area (Å²) in [6, 6.07) is 11.2. The van der Waals surface area contributed by atoms with Crippen LogP contribution in [0.4, 0.5) is 11.5 Å². The van der Waals surface area contributed by atoms with Crippen molar-refractivity contribution in [2.24, 2.45) is 11.5 Å². The number of furan rings is 1. The van der Waals surface area contributed by atoms with E-state index in [1.165, 1.54) is 0 Å². The zero-order valence-electron chi connectivity index (χ0n) is 18.2. The Morgan fingerprint density at radius 3 is 2.74 bits per heavy atom. The van der Waals surface area contributed by atoms with E-state index in [9.17, 15) is 18.5 Å². The van der Waals surface area contributed by atoms with Gasteiger partial charge in [-0.15, -0.1) is 11.3 Å². The second-order valence-electron chi connectivity index (χ2n) is 7.64. The Kier molecular flexibility index (Phi) is 6.18. The van der Waals surface area contributed by atoms with Crippen molar-refractivity contribution in [3.63, 3.8) is 0 Å². The summed E-state index contributed by atoms with van der Waals surface area (Å²) in [4.78, 5) is 16.9. The van der Waals surface area contributed by atoms with Gasteiger partial charge < -0.3 is 26.9 Å². The van der Waals surface area contributed by atoms with Crippen molar-refractivity contribution >= 4 is 59.8 Å². The van der Waals surface area contributed by atoms with E-state index in [0.717, 1.165) is 16.7 Å². The van der Waals surface area contributed by atoms with Gasteiger partial charge in [0.05, 0.1) is 23.2 Å². The Morgan fingerprint density at radius 2 is 2.09 bits per heavy atom. The van der Waals surface area contributed by atoms with E-state index in [1.54, 1.807) is 19.1 Å². The predicted octanol–water partition coefficient (Wildman–Crippen LogP) is 2.78. The van der Waals surface area contributed by atoms with Crippen molar-refractivity contribution < 1.29 is 17.6 Å². The molecule has 1 aromatic carbocycles. The number of carbonyl (C=O) groups is 1. The van der Waals surface area contributed by atoms with Crippen molar-refractivity contribution in [1.29, 1.82) is 5.26 Å². The molecule has 176 valence electrons. The fourth-order valence-corrected chi connectivity index (χ4v) is 5.46. The average Bonchev–Trinajstić information content (AvgIpc) is 3.38. The minimum atomic E-state index is -3.22. The maximum Gasteiger partial charge on any atom is 0.260 e. The van der Waals surface area contributed by atoms with Gasteiger partial charge in [-0.3, -0.25) is 4.79 Å². The molecule has 1 amide bonds. The number of amides is 1. The summed E-state index contributed by atoms with van der Waals surface area (Å²) < 4.78 is 29.7.